The molecule has 3 aromatic rings. The predicted molar refractivity (Wildman–Crippen MR) is 122 cm³/mol. The highest BCUT2D eigenvalue weighted by Crippen LogP contribution is 2.51. The van der Waals surface area contributed by atoms with Crippen LogP contribution in [0.3, 0.4) is 0 Å². The van der Waals surface area contributed by atoms with Gasteiger partial charge < -0.3 is 9.64 Å². The molecule has 2 aliphatic rings. The van der Waals surface area contributed by atoms with E-state index in [1.54, 1.807) is 12.1 Å². The molecule has 158 valence electrons. The Balaban J connectivity index is 1.17. The Morgan fingerprint density at radius 2 is 1.68 bits per heavy atom. The van der Waals surface area contributed by atoms with E-state index in [2.05, 4.69) is 28.2 Å². The van der Waals surface area contributed by atoms with E-state index in [1.165, 1.54) is 17.4 Å². The van der Waals surface area contributed by atoms with E-state index in [0.717, 1.165) is 29.2 Å². The zero-order chi connectivity index (χ0) is 21.6. The van der Waals surface area contributed by atoms with Crippen LogP contribution in [0.1, 0.15) is 5.56 Å². The Morgan fingerprint density at radius 3 is 2.23 bits per heavy atom. The average Bonchev–Trinajstić information content (AvgIpc) is 3.21. The molecule has 2 atom stereocenters. The lowest BCUT2D eigenvalue weighted by molar-refractivity contribution is 0.294. The molecule has 2 heterocycles. The highest BCUT2D eigenvalue weighted by Gasteiger charge is 2.49. The SMILES string of the molecule is Cc1ccc(N2C=C3C(COc4ccc(-c5ccc(S(C)(=O)=O)cc5)cc4)C3C2)nc1. The van der Waals surface area contributed by atoms with Crippen LogP contribution in [0.5, 0.6) is 5.75 Å². The van der Waals surface area contributed by atoms with Crippen LogP contribution >= 0.6 is 0 Å². The summed E-state index contributed by atoms with van der Waals surface area (Å²) in [5.41, 5.74) is 4.62. The molecule has 0 bridgehead atoms. The monoisotopic (exact) mass is 432 g/mol. The van der Waals surface area contributed by atoms with Gasteiger partial charge in [0.25, 0.3) is 0 Å². The van der Waals surface area contributed by atoms with Gasteiger partial charge in [-0.15, -0.1) is 0 Å². The molecule has 0 amide bonds. The second-order valence-electron chi connectivity index (χ2n) is 8.32. The summed E-state index contributed by atoms with van der Waals surface area (Å²) in [4.78, 5) is 7.06. The first-order valence-corrected chi connectivity index (χ1v) is 12.2. The van der Waals surface area contributed by atoms with Gasteiger partial charge in [0.2, 0.25) is 0 Å². The van der Waals surface area contributed by atoms with E-state index >= 15 is 0 Å². The molecule has 6 heteroatoms. The van der Waals surface area contributed by atoms with Crippen LogP contribution < -0.4 is 9.64 Å². The molecule has 1 aliphatic heterocycles. The third kappa shape index (κ3) is 4.08. The molecule has 0 N–H and O–H groups in total. The van der Waals surface area contributed by atoms with Gasteiger partial charge in [0, 0.05) is 37.0 Å². The van der Waals surface area contributed by atoms with E-state index in [1.807, 2.05) is 49.5 Å². The molecule has 5 nitrogen and oxygen atoms in total. The van der Waals surface area contributed by atoms with Gasteiger partial charge in [-0.1, -0.05) is 30.3 Å². The third-order valence-corrected chi connectivity index (χ3v) is 7.15. The Morgan fingerprint density at radius 1 is 1.00 bits per heavy atom. The largest absolute Gasteiger partial charge is 0.493 e. The molecular formula is C25H24N2O3S. The number of pyridine rings is 1. The maximum Gasteiger partial charge on any atom is 0.175 e. The first kappa shape index (κ1) is 19.8. The van der Waals surface area contributed by atoms with Crippen LogP contribution in [-0.2, 0) is 9.84 Å². The van der Waals surface area contributed by atoms with Crippen molar-refractivity contribution in [3.8, 4) is 16.9 Å². The normalized spacial score (nSPS) is 19.7. The number of aromatic nitrogens is 1. The molecule has 31 heavy (non-hydrogen) atoms. The smallest absolute Gasteiger partial charge is 0.175 e. The van der Waals surface area contributed by atoms with Crippen LogP contribution in [-0.4, -0.2) is 32.8 Å². The number of fused-ring (bicyclic) bond motifs is 1. The maximum absolute atomic E-state index is 11.6. The summed E-state index contributed by atoms with van der Waals surface area (Å²) in [6.07, 6.45) is 5.34. The molecule has 2 aromatic carbocycles. The molecule has 1 fully saturated rings. The Bertz CT molecular complexity index is 1230. The summed E-state index contributed by atoms with van der Waals surface area (Å²) >= 11 is 0. The molecular weight excluding hydrogens is 408 g/mol. The third-order valence-electron chi connectivity index (χ3n) is 6.02. The van der Waals surface area contributed by atoms with Crippen molar-refractivity contribution in [1.29, 1.82) is 0 Å². The molecule has 5 rings (SSSR count). The fraction of sp³-hybridized carbons (Fsp3) is 0.240. The lowest BCUT2D eigenvalue weighted by Crippen LogP contribution is -2.19. The minimum Gasteiger partial charge on any atom is -0.493 e. The lowest BCUT2D eigenvalue weighted by atomic mass is 10.1. The van der Waals surface area contributed by atoms with Gasteiger partial charge in [-0.25, -0.2) is 13.4 Å². The van der Waals surface area contributed by atoms with Crippen molar-refractivity contribution >= 4 is 15.7 Å². The van der Waals surface area contributed by atoms with Crippen molar-refractivity contribution in [3.63, 3.8) is 0 Å². The second kappa shape index (κ2) is 7.54. The molecule has 0 saturated heterocycles. The number of ether oxygens (including phenoxy) is 1. The number of nitrogens with zero attached hydrogens (tertiary/aromatic N) is 2. The van der Waals surface area contributed by atoms with Crippen molar-refractivity contribution in [2.45, 2.75) is 11.8 Å². The predicted octanol–water partition coefficient (Wildman–Crippen LogP) is 4.49. The molecule has 2 unspecified atom stereocenters. The van der Waals surface area contributed by atoms with Crippen LogP contribution in [0.25, 0.3) is 11.1 Å². The molecule has 1 aliphatic carbocycles. The van der Waals surface area contributed by atoms with Crippen molar-refractivity contribution in [3.05, 3.63) is 84.2 Å². The summed E-state index contributed by atoms with van der Waals surface area (Å²) in [5.74, 6) is 2.91. The van der Waals surface area contributed by atoms with Gasteiger partial charge in [0.1, 0.15) is 11.6 Å². The molecule has 1 aromatic heterocycles. The summed E-state index contributed by atoms with van der Waals surface area (Å²) in [6.45, 7) is 3.71. The van der Waals surface area contributed by atoms with E-state index in [0.29, 0.717) is 23.3 Å². The Hall–Kier alpha value is -3.12. The van der Waals surface area contributed by atoms with E-state index in [9.17, 15) is 8.42 Å². The van der Waals surface area contributed by atoms with E-state index in [4.69, 9.17) is 4.74 Å². The number of benzene rings is 2. The number of sulfone groups is 1. The first-order valence-electron chi connectivity index (χ1n) is 10.3. The van der Waals surface area contributed by atoms with Gasteiger partial charge in [-0.2, -0.15) is 0 Å². The Labute approximate surface area is 182 Å². The zero-order valence-corrected chi connectivity index (χ0v) is 18.3. The van der Waals surface area contributed by atoms with Gasteiger partial charge >= 0.3 is 0 Å². The summed E-state index contributed by atoms with van der Waals surface area (Å²) in [5, 5.41) is 0. The van der Waals surface area contributed by atoms with Crippen molar-refractivity contribution in [2.75, 3.05) is 24.3 Å². The van der Waals surface area contributed by atoms with E-state index < -0.39 is 9.84 Å². The van der Waals surface area contributed by atoms with E-state index in [-0.39, 0.29) is 0 Å². The van der Waals surface area contributed by atoms with Crippen LogP contribution in [0.4, 0.5) is 5.82 Å². The number of hydrogen-bond acceptors (Lipinski definition) is 5. The highest BCUT2D eigenvalue weighted by atomic mass is 32.2. The zero-order valence-electron chi connectivity index (χ0n) is 17.5. The average molecular weight is 433 g/mol. The standard InChI is InChI=1S/C25H24N2O3S/c1-17-3-12-25(26-13-17)27-14-22-23(15-27)24(22)16-30-20-8-4-18(5-9-20)19-6-10-21(11-7-19)31(2,28)29/h3-14,23-24H,15-16H2,1-2H3. The lowest BCUT2D eigenvalue weighted by Gasteiger charge is -2.17. The van der Waals surface area contributed by atoms with Crippen LogP contribution in [0.2, 0.25) is 0 Å². The summed E-state index contributed by atoms with van der Waals surface area (Å²) < 4.78 is 29.2. The minimum atomic E-state index is -3.18. The minimum absolute atomic E-state index is 0.331. The molecule has 0 radical (unpaired) electrons. The summed E-state index contributed by atoms with van der Waals surface area (Å²) in [7, 11) is -3.18. The second-order valence-corrected chi connectivity index (χ2v) is 10.3. The number of anilines is 1. The summed E-state index contributed by atoms with van der Waals surface area (Å²) in [6, 6.07) is 19.1. The van der Waals surface area contributed by atoms with Crippen molar-refractivity contribution in [1.82, 2.24) is 4.98 Å². The number of hydrogen-bond donors (Lipinski definition) is 0. The van der Waals surface area contributed by atoms with Crippen LogP contribution in [0, 0.1) is 18.8 Å². The van der Waals surface area contributed by atoms with Crippen molar-refractivity contribution < 1.29 is 13.2 Å². The van der Waals surface area contributed by atoms with Crippen LogP contribution in [0.15, 0.2) is 83.5 Å². The molecule has 1 saturated carbocycles. The fourth-order valence-corrected chi connectivity index (χ4v) is 4.73. The first-order chi connectivity index (χ1) is 14.9. The number of rotatable bonds is 6. The molecule has 0 spiro atoms. The maximum atomic E-state index is 11.6. The van der Waals surface area contributed by atoms with Gasteiger partial charge in [0.15, 0.2) is 9.84 Å². The van der Waals surface area contributed by atoms with Gasteiger partial charge in [-0.05, 0) is 59.5 Å². The van der Waals surface area contributed by atoms with Gasteiger partial charge in [0.05, 0.1) is 11.5 Å². The topological polar surface area (TPSA) is 59.5 Å². The highest BCUT2D eigenvalue weighted by molar-refractivity contribution is 7.90. The quantitative estimate of drug-likeness (QED) is 0.574. The fourth-order valence-electron chi connectivity index (χ4n) is 4.10. The Kier molecular flexibility index (Phi) is 4.82. The van der Waals surface area contributed by atoms with Crippen molar-refractivity contribution in [2.24, 2.45) is 11.8 Å². The van der Waals surface area contributed by atoms with Gasteiger partial charge in [-0.3, -0.25) is 0 Å². The number of aryl methyl sites for hydroxylation is 1.